The van der Waals surface area contributed by atoms with Crippen molar-refractivity contribution < 1.29 is 4.79 Å². The monoisotopic (exact) mass is 279 g/mol. The lowest BCUT2D eigenvalue weighted by atomic mass is 9.78. The van der Waals surface area contributed by atoms with Gasteiger partial charge in [0.15, 0.2) is 0 Å². The number of piperidine rings is 1. The van der Waals surface area contributed by atoms with Gasteiger partial charge in [0.25, 0.3) is 5.91 Å². The highest BCUT2D eigenvalue weighted by Crippen LogP contribution is 2.37. The summed E-state index contributed by atoms with van der Waals surface area (Å²) in [5.74, 6) is 0.0354. The molecule has 0 bridgehead atoms. The highest BCUT2D eigenvalue weighted by Gasteiger charge is 2.38. The summed E-state index contributed by atoms with van der Waals surface area (Å²) in [5.41, 5.74) is 0.996. The molecule has 2 aliphatic rings. The number of halogens is 1. The first-order valence-corrected chi connectivity index (χ1v) is 7.18. The zero-order valence-electron chi connectivity index (χ0n) is 10.9. The lowest BCUT2D eigenvalue weighted by Crippen LogP contribution is -2.44. The first kappa shape index (κ1) is 12.9. The molecule has 0 radical (unpaired) electrons. The second kappa shape index (κ2) is 5.10. The maximum absolute atomic E-state index is 12.4. The van der Waals surface area contributed by atoms with Crippen molar-refractivity contribution in [3.63, 3.8) is 0 Å². The van der Waals surface area contributed by atoms with Crippen LogP contribution in [0.15, 0.2) is 18.5 Å². The minimum atomic E-state index is 0.0354. The topological polar surface area (TPSA) is 45.2 Å². The largest absolute Gasteiger partial charge is 0.339 e. The summed E-state index contributed by atoms with van der Waals surface area (Å²) < 4.78 is 0. The van der Waals surface area contributed by atoms with E-state index < -0.39 is 0 Å². The maximum Gasteiger partial charge on any atom is 0.255 e. The van der Waals surface area contributed by atoms with Gasteiger partial charge in [-0.15, -0.1) is 0 Å². The first-order chi connectivity index (χ1) is 9.20. The number of nitrogens with one attached hydrogen (secondary N) is 1. The third-order valence-corrected chi connectivity index (χ3v) is 4.75. The van der Waals surface area contributed by atoms with Crippen molar-refractivity contribution in [2.24, 2.45) is 5.41 Å². The third kappa shape index (κ3) is 2.47. The number of rotatable bonds is 1. The molecule has 2 fully saturated rings. The van der Waals surface area contributed by atoms with Crippen LogP contribution in [0.1, 0.15) is 29.6 Å². The SMILES string of the molecule is O=C(c1ccncc1Cl)N1CCC2(CCNC2)CC1. The van der Waals surface area contributed by atoms with Crippen LogP contribution in [-0.2, 0) is 0 Å². The summed E-state index contributed by atoms with van der Waals surface area (Å²) in [7, 11) is 0. The number of carbonyl (C=O) groups excluding carboxylic acids is 1. The number of carbonyl (C=O) groups is 1. The van der Waals surface area contributed by atoms with Crippen molar-refractivity contribution >= 4 is 17.5 Å². The van der Waals surface area contributed by atoms with Gasteiger partial charge in [0.05, 0.1) is 10.6 Å². The van der Waals surface area contributed by atoms with E-state index in [-0.39, 0.29) is 5.91 Å². The molecule has 1 N–H and O–H groups in total. The summed E-state index contributed by atoms with van der Waals surface area (Å²) in [6.45, 7) is 3.88. The van der Waals surface area contributed by atoms with Gasteiger partial charge < -0.3 is 10.2 Å². The van der Waals surface area contributed by atoms with E-state index in [9.17, 15) is 4.79 Å². The molecule has 5 heteroatoms. The molecule has 4 nitrogen and oxygen atoms in total. The van der Waals surface area contributed by atoms with Crippen molar-refractivity contribution in [2.75, 3.05) is 26.2 Å². The lowest BCUT2D eigenvalue weighted by Gasteiger charge is -2.39. The Labute approximate surface area is 118 Å². The molecule has 0 saturated carbocycles. The predicted molar refractivity (Wildman–Crippen MR) is 74.3 cm³/mol. The summed E-state index contributed by atoms with van der Waals surface area (Å²) in [4.78, 5) is 18.3. The molecule has 3 heterocycles. The van der Waals surface area contributed by atoms with Crippen molar-refractivity contribution in [3.8, 4) is 0 Å². The van der Waals surface area contributed by atoms with Gasteiger partial charge in [-0.1, -0.05) is 11.6 Å². The highest BCUT2D eigenvalue weighted by atomic mass is 35.5. The van der Waals surface area contributed by atoms with Gasteiger partial charge in [-0.3, -0.25) is 9.78 Å². The van der Waals surface area contributed by atoms with E-state index in [4.69, 9.17) is 11.6 Å². The zero-order valence-corrected chi connectivity index (χ0v) is 11.6. The fraction of sp³-hybridized carbons (Fsp3) is 0.571. The Morgan fingerprint density at radius 1 is 1.37 bits per heavy atom. The number of likely N-dealkylation sites (tertiary alicyclic amines) is 1. The zero-order chi connectivity index (χ0) is 13.3. The predicted octanol–water partition coefficient (Wildman–Crippen LogP) is 1.95. The molecule has 0 atom stereocenters. The fourth-order valence-corrected chi connectivity index (χ4v) is 3.33. The summed E-state index contributed by atoms with van der Waals surface area (Å²) in [6, 6.07) is 1.70. The van der Waals surface area contributed by atoms with Crippen LogP contribution < -0.4 is 5.32 Å². The van der Waals surface area contributed by atoms with Gasteiger partial charge >= 0.3 is 0 Å². The van der Waals surface area contributed by atoms with Gasteiger partial charge in [0, 0.05) is 32.0 Å². The van der Waals surface area contributed by atoms with E-state index in [0.717, 1.165) is 39.0 Å². The second-order valence-electron chi connectivity index (χ2n) is 5.57. The van der Waals surface area contributed by atoms with Gasteiger partial charge in [0.2, 0.25) is 0 Å². The molecule has 2 saturated heterocycles. The average molecular weight is 280 g/mol. The van der Waals surface area contributed by atoms with Crippen LogP contribution in [0.2, 0.25) is 5.02 Å². The minimum absolute atomic E-state index is 0.0354. The summed E-state index contributed by atoms with van der Waals surface area (Å²) in [5, 5.41) is 3.87. The molecule has 3 rings (SSSR count). The van der Waals surface area contributed by atoms with Crippen LogP contribution in [-0.4, -0.2) is 42.0 Å². The van der Waals surface area contributed by atoms with Crippen LogP contribution in [0.3, 0.4) is 0 Å². The van der Waals surface area contributed by atoms with Crippen molar-refractivity contribution in [1.29, 1.82) is 0 Å². The van der Waals surface area contributed by atoms with Crippen LogP contribution >= 0.6 is 11.6 Å². The average Bonchev–Trinajstić information content (AvgIpc) is 2.88. The number of hydrogen-bond donors (Lipinski definition) is 1. The van der Waals surface area contributed by atoms with Crippen LogP contribution in [0.25, 0.3) is 0 Å². The van der Waals surface area contributed by atoms with Crippen LogP contribution in [0, 0.1) is 5.41 Å². The molecule has 102 valence electrons. The Hall–Kier alpha value is -1.13. The molecule has 2 aliphatic heterocycles. The third-order valence-electron chi connectivity index (χ3n) is 4.45. The Morgan fingerprint density at radius 2 is 2.16 bits per heavy atom. The van der Waals surface area contributed by atoms with Gasteiger partial charge in [-0.25, -0.2) is 0 Å². The van der Waals surface area contributed by atoms with E-state index >= 15 is 0 Å². The molecule has 0 aromatic carbocycles. The number of pyridine rings is 1. The molecule has 1 aromatic heterocycles. The molecular weight excluding hydrogens is 262 g/mol. The van der Waals surface area contributed by atoms with Crippen molar-refractivity contribution in [1.82, 2.24) is 15.2 Å². The lowest BCUT2D eigenvalue weighted by molar-refractivity contribution is 0.0608. The Morgan fingerprint density at radius 3 is 2.79 bits per heavy atom. The van der Waals surface area contributed by atoms with E-state index in [1.165, 1.54) is 12.6 Å². The van der Waals surface area contributed by atoms with E-state index in [2.05, 4.69) is 10.3 Å². The summed E-state index contributed by atoms with van der Waals surface area (Å²) >= 11 is 6.04. The number of hydrogen-bond acceptors (Lipinski definition) is 3. The van der Waals surface area contributed by atoms with Gasteiger partial charge in [-0.05, 0) is 37.3 Å². The van der Waals surface area contributed by atoms with E-state index in [0.29, 0.717) is 16.0 Å². The first-order valence-electron chi connectivity index (χ1n) is 6.80. The molecule has 19 heavy (non-hydrogen) atoms. The fourth-order valence-electron chi connectivity index (χ4n) is 3.13. The van der Waals surface area contributed by atoms with E-state index in [1.54, 1.807) is 12.3 Å². The maximum atomic E-state index is 12.4. The van der Waals surface area contributed by atoms with Crippen molar-refractivity contribution in [3.05, 3.63) is 29.0 Å². The Kier molecular flexibility index (Phi) is 3.46. The quantitative estimate of drug-likeness (QED) is 0.855. The van der Waals surface area contributed by atoms with Crippen LogP contribution in [0.5, 0.6) is 0 Å². The number of nitrogens with zero attached hydrogens (tertiary/aromatic N) is 2. The normalized spacial score (nSPS) is 21.8. The molecule has 1 amide bonds. The number of aromatic nitrogens is 1. The highest BCUT2D eigenvalue weighted by molar-refractivity contribution is 6.33. The van der Waals surface area contributed by atoms with Gasteiger partial charge in [-0.2, -0.15) is 0 Å². The van der Waals surface area contributed by atoms with Crippen molar-refractivity contribution in [2.45, 2.75) is 19.3 Å². The molecule has 0 aliphatic carbocycles. The summed E-state index contributed by atoms with van der Waals surface area (Å²) in [6.07, 6.45) is 6.57. The smallest absolute Gasteiger partial charge is 0.255 e. The van der Waals surface area contributed by atoms with Gasteiger partial charge in [0.1, 0.15) is 0 Å². The molecular formula is C14H18ClN3O. The van der Waals surface area contributed by atoms with E-state index in [1.807, 2.05) is 4.90 Å². The molecule has 0 unspecified atom stereocenters. The Bertz CT molecular complexity index is 475. The standard InChI is InChI=1S/C14H18ClN3O/c15-12-9-16-5-1-11(12)13(19)18-7-3-14(4-8-18)2-6-17-10-14/h1,5,9,17H,2-4,6-8,10H2. The number of amides is 1. The Balaban J connectivity index is 1.68. The minimum Gasteiger partial charge on any atom is -0.339 e. The molecule has 1 aromatic rings. The second-order valence-corrected chi connectivity index (χ2v) is 5.98. The molecule has 1 spiro atoms. The van der Waals surface area contributed by atoms with Crippen LogP contribution in [0.4, 0.5) is 0 Å².